The van der Waals surface area contributed by atoms with E-state index in [1.807, 2.05) is 0 Å². The summed E-state index contributed by atoms with van der Waals surface area (Å²) in [5.41, 5.74) is 0. The molecule has 0 aliphatic rings. The third-order valence-electron chi connectivity index (χ3n) is 0. The summed E-state index contributed by atoms with van der Waals surface area (Å²) in [6.45, 7) is 5.83. The van der Waals surface area contributed by atoms with Crippen molar-refractivity contribution in [1.29, 1.82) is 0 Å². The molecule has 14 heteroatoms. The van der Waals surface area contributed by atoms with Gasteiger partial charge in [0.05, 0.1) is 0 Å². The molecule has 0 atom stereocenters. The van der Waals surface area contributed by atoms with E-state index in [0.29, 0.717) is 0 Å². The zero-order chi connectivity index (χ0) is 21.5. The van der Waals surface area contributed by atoms with E-state index in [1.54, 1.807) is 0 Å². The zero-order valence-electron chi connectivity index (χ0n) is 15.1. The fraction of sp³-hybridized carbons (Fsp3) is 0.500. The second-order valence-electron chi connectivity index (χ2n) is 2.95. The maximum absolute atomic E-state index is 8.89. The van der Waals surface area contributed by atoms with Crippen LogP contribution in [0.2, 0.25) is 0 Å². The van der Waals surface area contributed by atoms with Crippen LogP contribution in [-0.4, -0.2) is 35.8 Å². The van der Waals surface area contributed by atoms with Crippen LogP contribution in [-0.2, 0) is 56.0 Å². The van der Waals surface area contributed by atoms with Crippen LogP contribution in [0.3, 0.4) is 0 Å². The molecule has 0 rings (SSSR count). The Kier molecular flexibility index (Phi) is 82.4. The Hall–Kier alpha value is -2.51. The van der Waals surface area contributed by atoms with Crippen molar-refractivity contribution in [3.63, 3.8) is 0 Å². The van der Waals surface area contributed by atoms with Gasteiger partial charge >= 0.3 is 21.7 Å². The van der Waals surface area contributed by atoms with E-state index in [0.717, 1.165) is 41.5 Å². The normalized spacial score (nSPS) is 5.77. The average Bonchev–Trinajstić information content (AvgIpc) is 2.08. The van der Waals surface area contributed by atoms with Gasteiger partial charge in [-0.05, 0) is 41.5 Å². The predicted molar refractivity (Wildman–Crippen MR) is 70.4 cm³/mol. The third kappa shape index (κ3) is 1440. The molecule has 4 N–H and O–H groups in total. The van der Waals surface area contributed by atoms with E-state index >= 15 is 0 Å². The molecule has 0 aliphatic carbocycles. The summed E-state index contributed by atoms with van der Waals surface area (Å²) in [5, 5.41) is 53.3. The Labute approximate surface area is 164 Å². The van der Waals surface area contributed by atoms with E-state index in [2.05, 4.69) is 0 Å². The summed E-state index contributed by atoms with van der Waals surface area (Å²) in [6.07, 6.45) is 0. The molecular weight excluding hydrogens is 400 g/mol. The molecule has 0 saturated heterocycles. The second-order valence-corrected chi connectivity index (χ2v) is 2.95. The molecule has 0 radical (unpaired) electrons. The number of carbonyl (C=O) groups excluding carboxylic acids is 6. The Bertz CT molecular complexity index is 262. The molecule has 0 spiro atoms. The molecule has 0 aromatic heterocycles. The number of carboxylic acids is 6. The minimum absolute atomic E-state index is 0. The van der Waals surface area contributed by atoms with Crippen molar-refractivity contribution in [2.75, 3.05) is 0 Å². The van der Waals surface area contributed by atoms with Crippen LogP contribution in [0, 0.1) is 0 Å². The summed E-state index contributed by atoms with van der Waals surface area (Å²) < 4.78 is 0. The molecule has 26 heavy (non-hydrogen) atoms. The topological polar surface area (TPSA) is 275 Å². The maximum atomic E-state index is 8.89. The van der Waals surface area contributed by atoms with Crippen molar-refractivity contribution in [1.82, 2.24) is 0 Å². The molecule has 0 bridgehead atoms. The van der Waals surface area contributed by atoms with Gasteiger partial charge in [-0.15, -0.1) is 0 Å². The van der Waals surface area contributed by atoms with Crippen LogP contribution in [0.1, 0.15) is 41.5 Å². The number of carbonyl (C=O) groups is 6. The van der Waals surface area contributed by atoms with Crippen LogP contribution in [0.25, 0.3) is 0 Å². The fourth-order valence-electron chi connectivity index (χ4n) is 0. The van der Waals surface area contributed by atoms with Gasteiger partial charge in [-0.25, -0.2) is 0 Å². The van der Waals surface area contributed by atoms with Gasteiger partial charge in [0, 0.05) is 35.8 Å². The second kappa shape index (κ2) is 43.3. The van der Waals surface area contributed by atoms with Gasteiger partial charge in [0.15, 0.2) is 0 Å². The van der Waals surface area contributed by atoms with Crippen molar-refractivity contribution in [3.8, 4) is 0 Å². The maximum Gasteiger partial charge on any atom is 4.00 e. The number of hydrogen-bond donors (Lipinski definition) is 0. The first-order chi connectivity index (χ1) is 10.4. The van der Waals surface area contributed by atoms with Gasteiger partial charge in [0.25, 0.3) is 0 Å². The van der Waals surface area contributed by atoms with E-state index in [9.17, 15) is 0 Å². The van der Waals surface area contributed by atoms with E-state index in [-0.39, 0.29) is 27.2 Å². The first-order valence-electron chi connectivity index (χ1n) is 5.45. The Morgan fingerprint density at radius 2 is 0.385 bits per heavy atom. The molecule has 0 amide bonds. The average molecular weight is 422 g/mol. The molecular formula is C12H22O13Ti. The standard InChI is InChI=1S/6C2H4O2.H4O.Ti/c6*1-2(3)4;;/h6*1H3,(H,3,4);1H4;/q;;;;;;+2;+4/p-6. The molecule has 0 unspecified atom stereocenters. The first-order valence-corrected chi connectivity index (χ1v) is 5.45. The smallest absolute Gasteiger partial charge is 0.873 e. The van der Waals surface area contributed by atoms with Gasteiger partial charge < -0.3 is 64.9 Å². The summed E-state index contributed by atoms with van der Waals surface area (Å²) >= 11 is 0. The molecule has 0 aromatic carbocycles. The molecule has 13 nitrogen and oxygen atoms in total. The predicted octanol–water partition coefficient (Wildman–Crippen LogP) is -8.65. The third-order valence-corrected chi connectivity index (χ3v) is 0. The fourth-order valence-corrected chi connectivity index (χ4v) is 0. The van der Waals surface area contributed by atoms with Crippen LogP contribution >= 0.6 is 0 Å². The van der Waals surface area contributed by atoms with Crippen molar-refractivity contribution >= 4 is 35.8 Å². The SMILES string of the molecule is CC(=O)[O-].CC(=O)[O-].CC(=O)[O-].CC(=O)[O-].CC(=O)[O-].CC(=O)[O-].[OH4+2].[Ti+4]. The van der Waals surface area contributed by atoms with E-state index < -0.39 is 35.8 Å². The molecule has 0 fully saturated rings. The Morgan fingerprint density at radius 1 is 0.385 bits per heavy atom. The van der Waals surface area contributed by atoms with Gasteiger partial charge in [-0.3, -0.25) is 0 Å². The molecule has 152 valence electrons. The zero-order valence-corrected chi connectivity index (χ0v) is 16.7. The van der Waals surface area contributed by atoms with Crippen LogP contribution in [0.5, 0.6) is 0 Å². The summed E-state index contributed by atoms with van der Waals surface area (Å²) in [6, 6.07) is 0. The monoisotopic (exact) mass is 422 g/mol. The van der Waals surface area contributed by atoms with Crippen molar-refractivity contribution < 1.29 is 86.6 Å². The summed E-state index contributed by atoms with van der Waals surface area (Å²) in [4.78, 5) is 53.3. The van der Waals surface area contributed by atoms with E-state index in [4.69, 9.17) is 59.4 Å². The van der Waals surface area contributed by atoms with Gasteiger partial charge in [0.1, 0.15) is 0 Å². The number of rotatable bonds is 0. The molecule has 0 aliphatic heterocycles. The molecule has 0 aromatic rings. The van der Waals surface area contributed by atoms with E-state index in [1.165, 1.54) is 0 Å². The van der Waals surface area contributed by atoms with Gasteiger partial charge in [0.2, 0.25) is 0 Å². The molecule has 0 saturated carbocycles. The quantitative estimate of drug-likeness (QED) is 0.329. The van der Waals surface area contributed by atoms with Crippen molar-refractivity contribution in [2.24, 2.45) is 0 Å². The summed E-state index contributed by atoms with van der Waals surface area (Å²) in [7, 11) is 0. The Balaban J connectivity index is -0.0000000245. The minimum Gasteiger partial charge on any atom is -0.873 e. The summed E-state index contributed by atoms with van der Waals surface area (Å²) in [5.74, 6) is -6.50. The van der Waals surface area contributed by atoms with Crippen molar-refractivity contribution in [2.45, 2.75) is 41.5 Å². The van der Waals surface area contributed by atoms with Gasteiger partial charge in [-0.2, -0.15) is 0 Å². The number of carboxylic acid groups (broad SMARTS) is 6. The first kappa shape index (κ1) is 49.5. The van der Waals surface area contributed by atoms with Gasteiger partial charge in [-0.1, -0.05) is 0 Å². The number of hydrogen-bond acceptors (Lipinski definition) is 12. The van der Waals surface area contributed by atoms with Crippen LogP contribution < -0.4 is 30.6 Å². The Morgan fingerprint density at radius 3 is 0.385 bits per heavy atom. The minimum atomic E-state index is -1.08. The molecule has 0 heterocycles. The van der Waals surface area contributed by atoms with Crippen molar-refractivity contribution in [3.05, 3.63) is 0 Å². The number of aliphatic carboxylic acids is 6. The van der Waals surface area contributed by atoms with Crippen LogP contribution in [0.15, 0.2) is 0 Å². The van der Waals surface area contributed by atoms with Crippen LogP contribution in [0.4, 0.5) is 0 Å². The largest absolute Gasteiger partial charge is 4.00 e.